The zero-order valence-corrected chi connectivity index (χ0v) is 14.4. The Morgan fingerprint density at radius 2 is 1.92 bits per heavy atom. The molecular weight excluding hydrogens is 326 g/mol. The fraction of sp³-hybridized carbons (Fsp3) is 0.412. The minimum Gasteiger partial charge on any atom is -0.322 e. The predicted octanol–water partition coefficient (Wildman–Crippen LogP) is 2.87. The molecule has 0 radical (unpaired) electrons. The van der Waals surface area contributed by atoms with Gasteiger partial charge >= 0.3 is 0 Å². The molecular formula is C17H21N3O3S. The summed E-state index contributed by atoms with van der Waals surface area (Å²) in [7, 11) is -3.26. The van der Waals surface area contributed by atoms with Crippen molar-refractivity contribution in [2.24, 2.45) is 0 Å². The van der Waals surface area contributed by atoms with E-state index in [9.17, 15) is 13.2 Å². The first-order valence-corrected chi connectivity index (χ1v) is 9.73. The second-order valence-corrected chi connectivity index (χ2v) is 8.24. The summed E-state index contributed by atoms with van der Waals surface area (Å²) in [6.45, 7) is 2.64. The van der Waals surface area contributed by atoms with Crippen LogP contribution in [0.3, 0.4) is 0 Å². The quantitative estimate of drug-likeness (QED) is 0.902. The molecule has 0 bridgehead atoms. The van der Waals surface area contributed by atoms with Crippen LogP contribution in [-0.4, -0.2) is 29.4 Å². The third kappa shape index (κ3) is 3.36. The molecule has 7 heteroatoms. The van der Waals surface area contributed by atoms with Crippen LogP contribution in [0.4, 0.5) is 5.69 Å². The number of hydrogen-bond donors (Lipinski definition) is 1. The number of sulfone groups is 1. The Hall–Kier alpha value is -2.15. The summed E-state index contributed by atoms with van der Waals surface area (Å²) in [5.41, 5.74) is 1.04. The third-order valence-electron chi connectivity index (χ3n) is 4.40. The van der Waals surface area contributed by atoms with Crippen molar-refractivity contribution in [3.63, 3.8) is 0 Å². The van der Waals surface area contributed by atoms with E-state index in [1.807, 2.05) is 6.92 Å². The molecule has 2 aromatic rings. The summed E-state index contributed by atoms with van der Waals surface area (Å²) in [5, 5.41) is 6.56. The van der Waals surface area contributed by atoms with Crippen LogP contribution < -0.4 is 5.32 Å². The van der Waals surface area contributed by atoms with Crippen molar-refractivity contribution in [1.82, 2.24) is 9.78 Å². The number of anilines is 1. The fourth-order valence-corrected chi connectivity index (χ4v) is 4.83. The van der Waals surface area contributed by atoms with Gasteiger partial charge in [0, 0.05) is 18.4 Å². The van der Waals surface area contributed by atoms with Crippen molar-refractivity contribution >= 4 is 21.4 Å². The lowest BCUT2D eigenvalue weighted by Crippen LogP contribution is -2.18. The average molecular weight is 347 g/mol. The summed E-state index contributed by atoms with van der Waals surface area (Å²) >= 11 is 0. The highest BCUT2D eigenvalue weighted by Crippen LogP contribution is 2.30. The normalized spacial score (nSPS) is 15.5. The van der Waals surface area contributed by atoms with Crippen LogP contribution >= 0.6 is 0 Å². The first kappa shape index (κ1) is 16.7. The molecule has 24 heavy (non-hydrogen) atoms. The van der Waals surface area contributed by atoms with E-state index in [-0.39, 0.29) is 11.2 Å². The van der Waals surface area contributed by atoms with Gasteiger partial charge in [0.25, 0.3) is 5.91 Å². The molecule has 1 aromatic carbocycles. The Bertz CT molecular complexity index is 819. The van der Waals surface area contributed by atoms with Gasteiger partial charge in [0.2, 0.25) is 0 Å². The molecule has 1 heterocycles. The third-order valence-corrected chi connectivity index (χ3v) is 6.68. The number of hydrogen-bond acceptors (Lipinski definition) is 4. The molecule has 0 saturated heterocycles. The van der Waals surface area contributed by atoms with E-state index in [0.29, 0.717) is 22.7 Å². The molecule has 1 aliphatic carbocycles. The molecule has 1 amide bonds. The monoisotopic (exact) mass is 347 g/mol. The van der Waals surface area contributed by atoms with Crippen LogP contribution in [0.1, 0.15) is 43.0 Å². The number of aryl methyl sites for hydroxylation is 1. The first-order valence-electron chi connectivity index (χ1n) is 8.18. The lowest BCUT2D eigenvalue weighted by Gasteiger charge is -2.11. The molecule has 0 spiro atoms. The average Bonchev–Trinajstić information content (AvgIpc) is 3.27. The van der Waals surface area contributed by atoms with E-state index in [4.69, 9.17) is 0 Å². The van der Waals surface area contributed by atoms with Gasteiger partial charge in [-0.15, -0.1) is 0 Å². The molecule has 0 atom stereocenters. The Labute approximate surface area is 141 Å². The van der Waals surface area contributed by atoms with Crippen LogP contribution in [0.5, 0.6) is 0 Å². The number of carbonyl (C=O) groups excluding carboxylic acids is 1. The standard InChI is InChI=1S/C17H21N3O3S/c1-2-20-12-13(11-18-20)17(21)19-14-7-9-16(10-8-14)24(22,23)15-5-3-4-6-15/h7-12,15H,2-6H2,1H3,(H,19,21). The van der Waals surface area contributed by atoms with Gasteiger partial charge in [0.1, 0.15) is 0 Å². The maximum absolute atomic E-state index is 12.5. The van der Waals surface area contributed by atoms with Gasteiger partial charge in [-0.05, 0) is 44.0 Å². The zero-order chi connectivity index (χ0) is 17.2. The van der Waals surface area contributed by atoms with Gasteiger partial charge in [0.15, 0.2) is 9.84 Å². The summed E-state index contributed by atoms with van der Waals surface area (Å²) < 4.78 is 26.7. The summed E-state index contributed by atoms with van der Waals surface area (Å²) in [4.78, 5) is 12.5. The van der Waals surface area contributed by atoms with Gasteiger partial charge in [-0.1, -0.05) is 12.8 Å². The summed E-state index contributed by atoms with van der Waals surface area (Å²) in [5.74, 6) is -0.263. The highest BCUT2D eigenvalue weighted by molar-refractivity contribution is 7.92. The SMILES string of the molecule is CCn1cc(C(=O)Nc2ccc(S(=O)(=O)C3CCCC3)cc2)cn1. The van der Waals surface area contributed by atoms with Crippen molar-refractivity contribution in [1.29, 1.82) is 0 Å². The molecule has 0 aliphatic heterocycles. The highest BCUT2D eigenvalue weighted by Gasteiger charge is 2.30. The van der Waals surface area contributed by atoms with Gasteiger partial charge in [-0.2, -0.15) is 5.10 Å². The van der Waals surface area contributed by atoms with Crippen LogP contribution in [0.2, 0.25) is 0 Å². The van der Waals surface area contributed by atoms with Crippen LogP contribution in [-0.2, 0) is 16.4 Å². The van der Waals surface area contributed by atoms with Crippen molar-refractivity contribution in [3.8, 4) is 0 Å². The van der Waals surface area contributed by atoms with E-state index in [0.717, 1.165) is 25.7 Å². The minimum absolute atomic E-state index is 0.263. The molecule has 1 saturated carbocycles. The minimum atomic E-state index is -3.26. The maximum Gasteiger partial charge on any atom is 0.258 e. The molecule has 0 unspecified atom stereocenters. The van der Waals surface area contributed by atoms with E-state index in [1.165, 1.54) is 6.20 Å². The second-order valence-electron chi connectivity index (χ2n) is 6.01. The number of benzene rings is 1. The molecule has 128 valence electrons. The Kier molecular flexibility index (Phi) is 4.71. The predicted molar refractivity (Wildman–Crippen MR) is 91.7 cm³/mol. The van der Waals surface area contributed by atoms with E-state index >= 15 is 0 Å². The molecule has 3 rings (SSSR count). The first-order chi connectivity index (χ1) is 11.5. The van der Waals surface area contributed by atoms with Crippen molar-refractivity contribution in [2.45, 2.75) is 49.3 Å². The van der Waals surface area contributed by atoms with E-state index in [1.54, 1.807) is 35.1 Å². The largest absolute Gasteiger partial charge is 0.322 e. The van der Waals surface area contributed by atoms with Gasteiger partial charge < -0.3 is 5.32 Å². The lowest BCUT2D eigenvalue weighted by molar-refractivity contribution is 0.102. The summed E-state index contributed by atoms with van der Waals surface area (Å²) in [6.07, 6.45) is 6.61. The lowest BCUT2D eigenvalue weighted by atomic mass is 10.3. The Morgan fingerprint density at radius 1 is 1.25 bits per heavy atom. The highest BCUT2D eigenvalue weighted by atomic mass is 32.2. The number of rotatable bonds is 5. The maximum atomic E-state index is 12.5. The molecule has 1 aliphatic rings. The second kappa shape index (κ2) is 6.76. The molecule has 1 aromatic heterocycles. The number of carbonyl (C=O) groups is 1. The molecule has 1 fully saturated rings. The number of aromatic nitrogens is 2. The fourth-order valence-electron chi connectivity index (χ4n) is 2.98. The van der Waals surface area contributed by atoms with Gasteiger partial charge in [-0.3, -0.25) is 9.48 Å². The molecule has 6 nitrogen and oxygen atoms in total. The zero-order valence-electron chi connectivity index (χ0n) is 13.6. The van der Waals surface area contributed by atoms with Gasteiger partial charge in [-0.25, -0.2) is 8.42 Å². The topological polar surface area (TPSA) is 81.1 Å². The summed E-state index contributed by atoms with van der Waals surface area (Å²) in [6, 6.07) is 6.39. The number of amides is 1. The molecule has 1 N–H and O–H groups in total. The Morgan fingerprint density at radius 3 is 2.50 bits per heavy atom. The van der Waals surface area contributed by atoms with Crippen LogP contribution in [0.25, 0.3) is 0 Å². The Balaban J connectivity index is 1.71. The number of nitrogens with zero attached hydrogens (tertiary/aromatic N) is 2. The van der Waals surface area contributed by atoms with Crippen LogP contribution in [0.15, 0.2) is 41.6 Å². The van der Waals surface area contributed by atoms with Crippen molar-refractivity contribution in [2.75, 3.05) is 5.32 Å². The van der Waals surface area contributed by atoms with E-state index < -0.39 is 9.84 Å². The van der Waals surface area contributed by atoms with Gasteiger partial charge in [0.05, 0.1) is 21.9 Å². The number of nitrogens with one attached hydrogen (secondary N) is 1. The van der Waals surface area contributed by atoms with Crippen LogP contribution in [0, 0.1) is 0 Å². The van der Waals surface area contributed by atoms with Crippen molar-refractivity contribution < 1.29 is 13.2 Å². The smallest absolute Gasteiger partial charge is 0.258 e. The van der Waals surface area contributed by atoms with Crippen molar-refractivity contribution in [3.05, 3.63) is 42.2 Å². The van der Waals surface area contributed by atoms with E-state index in [2.05, 4.69) is 10.4 Å².